The zero-order valence-electron chi connectivity index (χ0n) is 11.3. The van der Waals surface area contributed by atoms with Crippen molar-refractivity contribution in [2.75, 3.05) is 7.05 Å². The van der Waals surface area contributed by atoms with Crippen LogP contribution in [0.3, 0.4) is 0 Å². The number of likely N-dealkylation sites (N-methyl/N-ethyl adjacent to an activating group) is 1. The maximum absolute atomic E-state index is 12.0. The van der Waals surface area contributed by atoms with Gasteiger partial charge in [-0.25, -0.2) is 9.48 Å². The Bertz CT molecular complexity index is 505. The van der Waals surface area contributed by atoms with Crippen LogP contribution >= 0.6 is 0 Å². The van der Waals surface area contributed by atoms with Crippen molar-refractivity contribution in [3.05, 3.63) is 11.4 Å². The van der Waals surface area contributed by atoms with Crippen molar-refractivity contribution in [1.82, 2.24) is 19.9 Å². The minimum absolute atomic E-state index is 0.0255. The van der Waals surface area contributed by atoms with E-state index in [2.05, 4.69) is 10.3 Å². The third kappa shape index (κ3) is 2.74. The fourth-order valence-corrected chi connectivity index (χ4v) is 1.88. The van der Waals surface area contributed by atoms with E-state index in [0.717, 1.165) is 12.8 Å². The van der Waals surface area contributed by atoms with E-state index in [0.29, 0.717) is 5.69 Å². The molecule has 2 rings (SSSR count). The van der Waals surface area contributed by atoms with E-state index in [1.54, 1.807) is 11.9 Å². The number of rotatable bonds is 5. The van der Waals surface area contributed by atoms with Crippen LogP contribution in [0.15, 0.2) is 0 Å². The van der Waals surface area contributed by atoms with Gasteiger partial charge in [0.15, 0.2) is 5.69 Å². The van der Waals surface area contributed by atoms with E-state index in [9.17, 15) is 9.59 Å². The molecule has 7 nitrogen and oxygen atoms in total. The Morgan fingerprint density at radius 3 is 2.58 bits per heavy atom. The van der Waals surface area contributed by atoms with Gasteiger partial charge in [0.1, 0.15) is 6.54 Å². The van der Waals surface area contributed by atoms with Crippen LogP contribution in [0.1, 0.15) is 48.8 Å². The second-order valence-electron chi connectivity index (χ2n) is 5.16. The number of carboxylic acid groups (broad SMARTS) is 1. The van der Waals surface area contributed by atoms with Crippen molar-refractivity contribution in [3.63, 3.8) is 0 Å². The third-order valence-electron chi connectivity index (χ3n) is 3.39. The number of carbonyl (C=O) groups is 2. The van der Waals surface area contributed by atoms with Crippen molar-refractivity contribution in [3.8, 4) is 0 Å². The van der Waals surface area contributed by atoms with Crippen LogP contribution in [0.5, 0.6) is 0 Å². The first-order valence-electron chi connectivity index (χ1n) is 6.34. The molecule has 7 heteroatoms. The summed E-state index contributed by atoms with van der Waals surface area (Å²) in [5.74, 6) is -1.00. The van der Waals surface area contributed by atoms with Crippen molar-refractivity contribution in [1.29, 1.82) is 0 Å². The first kappa shape index (κ1) is 13.5. The highest BCUT2D eigenvalue weighted by atomic mass is 16.4. The summed E-state index contributed by atoms with van der Waals surface area (Å²) in [7, 11) is 1.72. The van der Waals surface area contributed by atoms with Gasteiger partial charge in [-0.2, -0.15) is 0 Å². The molecule has 1 aromatic rings. The largest absolute Gasteiger partial charge is 0.476 e. The Kier molecular flexibility index (Phi) is 3.55. The lowest BCUT2D eigenvalue weighted by molar-refractivity contribution is -0.132. The van der Waals surface area contributed by atoms with Crippen LogP contribution in [0, 0.1) is 0 Å². The Hall–Kier alpha value is -1.92. The smallest absolute Gasteiger partial charge is 0.358 e. The number of aromatic nitrogens is 3. The highest BCUT2D eigenvalue weighted by molar-refractivity contribution is 5.87. The van der Waals surface area contributed by atoms with Crippen LogP contribution in [0.2, 0.25) is 0 Å². The highest BCUT2D eigenvalue weighted by Crippen LogP contribution is 2.41. The summed E-state index contributed by atoms with van der Waals surface area (Å²) in [4.78, 5) is 24.7. The summed E-state index contributed by atoms with van der Waals surface area (Å²) < 4.78 is 1.43. The molecule has 0 saturated heterocycles. The van der Waals surface area contributed by atoms with Crippen LogP contribution in [-0.4, -0.2) is 50.0 Å². The Balaban J connectivity index is 2.21. The summed E-state index contributed by atoms with van der Waals surface area (Å²) >= 11 is 0. The number of carboxylic acids is 1. The number of nitrogens with zero attached hydrogens (tertiary/aromatic N) is 4. The summed E-state index contributed by atoms with van der Waals surface area (Å²) in [5, 5.41) is 16.6. The normalized spacial score (nSPS) is 14.7. The number of amides is 1. The standard InChI is InChI=1S/C12H18N4O3/c1-7(2)15(3)9(17)6-16-11(8-4-5-8)10(12(18)19)13-14-16/h7-8H,4-6H2,1-3H3,(H,18,19). The van der Waals surface area contributed by atoms with E-state index in [1.807, 2.05) is 13.8 Å². The summed E-state index contributed by atoms with van der Waals surface area (Å²) in [6.45, 7) is 3.88. The molecule has 1 fully saturated rings. The van der Waals surface area contributed by atoms with Gasteiger partial charge in [-0.1, -0.05) is 5.21 Å². The molecule has 0 atom stereocenters. The molecular formula is C12H18N4O3. The summed E-state index contributed by atoms with van der Waals surface area (Å²) in [6, 6.07) is 0.0966. The van der Waals surface area contributed by atoms with Crippen LogP contribution < -0.4 is 0 Å². The van der Waals surface area contributed by atoms with Gasteiger partial charge in [-0.15, -0.1) is 5.10 Å². The van der Waals surface area contributed by atoms with Crippen molar-refractivity contribution < 1.29 is 14.7 Å². The van der Waals surface area contributed by atoms with Gasteiger partial charge >= 0.3 is 5.97 Å². The van der Waals surface area contributed by atoms with Crippen LogP contribution in [-0.2, 0) is 11.3 Å². The Morgan fingerprint density at radius 2 is 2.11 bits per heavy atom. The lowest BCUT2D eigenvalue weighted by Crippen LogP contribution is -2.36. The molecule has 1 heterocycles. The number of aromatic carboxylic acids is 1. The number of hydrogen-bond donors (Lipinski definition) is 1. The fourth-order valence-electron chi connectivity index (χ4n) is 1.88. The number of hydrogen-bond acceptors (Lipinski definition) is 4. The number of carbonyl (C=O) groups excluding carboxylic acids is 1. The van der Waals surface area contributed by atoms with Crippen molar-refractivity contribution >= 4 is 11.9 Å². The van der Waals surface area contributed by atoms with Crippen molar-refractivity contribution in [2.24, 2.45) is 0 Å². The highest BCUT2D eigenvalue weighted by Gasteiger charge is 2.34. The van der Waals surface area contributed by atoms with E-state index in [4.69, 9.17) is 5.11 Å². The van der Waals surface area contributed by atoms with E-state index >= 15 is 0 Å². The molecule has 19 heavy (non-hydrogen) atoms. The van der Waals surface area contributed by atoms with E-state index < -0.39 is 5.97 Å². The van der Waals surface area contributed by atoms with Gasteiger partial charge < -0.3 is 10.0 Å². The zero-order chi connectivity index (χ0) is 14.2. The van der Waals surface area contributed by atoms with Crippen molar-refractivity contribution in [2.45, 2.75) is 45.2 Å². The van der Waals surface area contributed by atoms with Gasteiger partial charge in [0, 0.05) is 19.0 Å². The fraction of sp³-hybridized carbons (Fsp3) is 0.667. The van der Waals surface area contributed by atoms with Crippen LogP contribution in [0.4, 0.5) is 0 Å². The topological polar surface area (TPSA) is 88.3 Å². The molecule has 1 aliphatic carbocycles. The Labute approximate surface area is 111 Å². The molecule has 1 N–H and O–H groups in total. The molecule has 1 aliphatic rings. The molecule has 0 bridgehead atoms. The molecule has 1 aromatic heterocycles. The first-order valence-corrected chi connectivity index (χ1v) is 6.34. The lowest BCUT2D eigenvalue weighted by atomic mass is 10.2. The van der Waals surface area contributed by atoms with Gasteiger partial charge in [0.25, 0.3) is 0 Å². The average Bonchev–Trinajstić information content (AvgIpc) is 3.09. The quantitative estimate of drug-likeness (QED) is 0.848. The van der Waals surface area contributed by atoms with E-state index in [1.165, 1.54) is 4.68 Å². The SMILES string of the molecule is CC(C)N(C)C(=O)Cn1nnc(C(=O)O)c1C1CC1. The molecule has 0 unspecified atom stereocenters. The molecule has 1 saturated carbocycles. The molecular weight excluding hydrogens is 248 g/mol. The molecule has 104 valence electrons. The van der Waals surface area contributed by atoms with Gasteiger partial charge in [-0.3, -0.25) is 4.79 Å². The minimum Gasteiger partial charge on any atom is -0.476 e. The minimum atomic E-state index is -1.09. The average molecular weight is 266 g/mol. The van der Waals surface area contributed by atoms with Gasteiger partial charge in [0.2, 0.25) is 5.91 Å². The van der Waals surface area contributed by atoms with Gasteiger partial charge in [0.05, 0.1) is 5.69 Å². The summed E-state index contributed by atoms with van der Waals surface area (Å²) in [5.41, 5.74) is 0.556. The molecule has 0 aliphatic heterocycles. The molecule has 0 radical (unpaired) electrons. The summed E-state index contributed by atoms with van der Waals surface area (Å²) in [6.07, 6.45) is 1.86. The predicted octanol–water partition coefficient (Wildman–Crippen LogP) is 0.721. The maximum Gasteiger partial charge on any atom is 0.358 e. The predicted molar refractivity (Wildman–Crippen MR) is 66.9 cm³/mol. The monoisotopic (exact) mass is 266 g/mol. The second-order valence-corrected chi connectivity index (χ2v) is 5.16. The molecule has 0 spiro atoms. The first-order chi connectivity index (χ1) is 8.91. The van der Waals surface area contributed by atoms with E-state index in [-0.39, 0.29) is 30.1 Å². The molecule has 0 aromatic carbocycles. The second kappa shape index (κ2) is 4.99. The zero-order valence-corrected chi connectivity index (χ0v) is 11.3. The Morgan fingerprint density at radius 1 is 1.47 bits per heavy atom. The third-order valence-corrected chi connectivity index (χ3v) is 3.39. The maximum atomic E-state index is 12.0. The van der Waals surface area contributed by atoms with Gasteiger partial charge in [-0.05, 0) is 26.7 Å². The molecule has 1 amide bonds. The van der Waals surface area contributed by atoms with Crippen LogP contribution in [0.25, 0.3) is 0 Å². The lowest BCUT2D eigenvalue weighted by Gasteiger charge is -2.21.